The van der Waals surface area contributed by atoms with E-state index < -0.39 is 0 Å². The van der Waals surface area contributed by atoms with Crippen molar-refractivity contribution in [2.45, 2.75) is 20.0 Å². The largest absolute Gasteiger partial charge is 0.349 e. The van der Waals surface area contributed by atoms with Gasteiger partial charge in [-0.3, -0.25) is 4.79 Å². The molecular formula is C13H17N5O. The van der Waals surface area contributed by atoms with Gasteiger partial charge in [-0.25, -0.2) is 4.68 Å². The predicted molar refractivity (Wildman–Crippen MR) is 71.2 cm³/mol. The number of aromatic nitrogens is 3. The summed E-state index contributed by atoms with van der Waals surface area (Å²) < 4.78 is 1.76. The summed E-state index contributed by atoms with van der Waals surface area (Å²) in [7, 11) is 0. The van der Waals surface area contributed by atoms with E-state index in [4.69, 9.17) is 5.73 Å². The number of nitrogens with zero attached hydrogens (tertiary/aromatic N) is 3. The molecule has 0 unspecified atom stereocenters. The fourth-order valence-corrected chi connectivity index (χ4v) is 1.72. The van der Waals surface area contributed by atoms with Crippen LogP contribution >= 0.6 is 0 Å². The summed E-state index contributed by atoms with van der Waals surface area (Å²) in [6.45, 7) is 3.07. The van der Waals surface area contributed by atoms with Gasteiger partial charge >= 0.3 is 0 Å². The Bertz CT molecular complexity index is 564. The van der Waals surface area contributed by atoms with Crippen LogP contribution in [0.15, 0.2) is 30.5 Å². The Morgan fingerprint density at radius 1 is 1.42 bits per heavy atom. The van der Waals surface area contributed by atoms with Crippen LogP contribution in [0.4, 0.5) is 0 Å². The fourth-order valence-electron chi connectivity index (χ4n) is 1.72. The van der Waals surface area contributed by atoms with Crippen molar-refractivity contribution in [3.05, 3.63) is 47.3 Å². The second-order valence-corrected chi connectivity index (χ2v) is 4.31. The quantitative estimate of drug-likeness (QED) is 0.803. The molecule has 0 fully saturated rings. The van der Waals surface area contributed by atoms with Crippen LogP contribution in [0.1, 0.15) is 16.8 Å². The van der Waals surface area contributed by atoms with E-state index >= 15 is 0 Å². The third-order valence-corrected chi connectivity index (χ3v) is 2.83. The molecule has 6 nitrogen and oxygen atoms in total. The van der Waals surface area contributed by atoms with Crippen LogP contribution < -0.4 is 11.1 Å². The lowest BCUT2D eigenvalue weighted by Gasteiger charge is -2.04. The molecule has 2 rings (SSSR count). The van der Waals surface area contributed by atoms with Crippen LogP contribution in [0, 0.1) is 6.92 Å². The number of hydrogen-bond donors (Lipinski definition) is 2. The second-order valence-electron chi connectivity index (χ2n) is 4.31. The van der Waals surface area contributed by atoms with Crippen LogP contribution in [0.25, 0.3) is 0 Å². The normalized spacial score (nSPS) is 10.4. The zero-order valence-corrected chi connectivity index (χ0v) is 10.8. The minimum absolute atomic E-state index is 0.0165. The van der Waals surface area contributed by atoms with Crippen molar-refractivity contribution in [2.24, 2.45) is 5.73 Å². The minimum Gasteiger partial charge on any atom is -0.349 e. The summed E-state index contributed by atoms with van der Waals surface area (Å²) in [5.41, 5.74) is 8.34. The number of carbonyl (C=O) groups is 1. The number of rotatable bonds is 5. The van der Waals surface area contributed by atoms with E-state index in [1.165, 1.54) is 11.1 Å². The van der Waals surface area contributed by atoms with Gasteiger partial charge in [-0.05, 0) is 18.1 Å². The highest BCUT2D eigenvalue weighted by Crippen LogP contribution is 2.08. The van der Waals surface area contributed by atoms with Crippen LogP contribution in [-0.4, -0.2) is 27.4 Å². The molecule has 0 radical (unpaired) electrons. The van der Waals surface area contributed by atoms with Crippen LogP contribution in [-0.2, 0) is 17.9 Å². The van der Waals surface area contributed by atoms with Gasteiger partial charge in [0.1, 0.15) is 5.69 Å². The number of benzene rings is 1. The molecule has 0 bridgehead atoms. The summed E-state index contributed by atoms with van der Waals surface area (Å²) in [6, 6.07) is 8.14. The molecule has 3 N–H and O–H groups in total. The first-order valence-corrected chi connectivity index (χ1v) is 6.09. The van der Waals surface area contributed by atoms with Crippen LogP contribution in [0.2, 0.25) is 0 Å². The lowest BCUT2D eigenvalue weighted by atomic mass is 10.1. The maximum Gasteiger partial charge on any atom is 0.234 e. The van der Waals surface area contributed by atoms with Crippen molar-refractivity contribution < 1.29 is 4.79 Å². The molecule has 0 saturated carbocycles. The van der Waals surface area contributed by atoms with Gasteiger partial charge in [0.25, 0.3) is 0 Å². The molecule has 2 aromatic rings. The molecule has 0 aliphatic carbocycles. The van der Waals surface area contributed by atoms with Gasteiger partial charge in [0.05, 0.1) is 25.8 Å². The Kier molecular flexibility index (Phi) is 4.25. The van der Waals surface area contributed by atoms with Crippen molar-refractivity contribution in [1.82, 2.24) is 20.3 Å². The molecule has 0 spiro atoms. The first-order valence-electron chi connectivity index (χ1n) is 6.09. The lowest BCUT2D eigenvalue weighted by molar-refractivity contribution is -0.119. The minimum atomic E-state index is -0.201. The first kappa shape index (κ1) is 13.2. The maximum atomic E-state index is 11.0. The average molecular weight is 259 g/mol. The van der Waals surface area contributed by atoms with Crippen molar-refractivity contribution >= 4 is 5.91 Å². The predicted octanol–water partition coefficient (Wildman–Crippen LogP) is 0.210. The van der Waals surface area contributed by atoms with Crippen molar-refractivity contribution in [3.63, 3.8) is 0 Å². The average Bonchev–Trinajstić information content (AvgIpc) is 2.86. The van der Waals surface area contributed by atoms with Gasteiger partial charge in [-0.15, -0.1) is 5.10 Å². The highest BCUT2D eigenvalue weighted by molar-refractivity contribution is 5.77. The lowest BCUT2D eigenvalue weighted by Crippen LogP contribution is -2.29. The van der Waals surface area contributed by atoms with Gasteiger partial charge in [0.15, 0.2) is 0 Å². The first-order chi connectivity index (χ1) is 9.19. The van der Waals surface area contributed by atoms with Gasteiger partial charge in [0.2, 0.25) is 5.91 Å². The number of nitrogens with one attached hydrogen (secondary N) is 1. The van der Waals surface area contributed by atoms with Gasteiger partial charge in [-0.2, -0.15) is 0 Å². The number of hydrogen-bond acceptors (Lipinski definition) is 4. The third kappa shape index (κ3) is 3.62. The number of carbonyl (C=O) groups excluding carboxylic acids is 1. The number of nitrogens with two attached hydrogens (primary N) is 1. The molecule has 0 aliphatic rings. The molecular weight excluding hydrogens is 242 g/mol. The number of amides is 1. The van der Waals surface area contributed by atoms with E-state index in [0.717, 1.165) is 5.69 Å². The molecule has 0 aliphatic heterocycles. The Balaban J connectivity index is 1.98. The summed E-state index contributed by atoms with van der Waals surface area (Å²) in [5.74, 6) is -0.201. The van der Waals surface area contributed by atoms with Crippen molar-refractivity contribution in [3.8, 4) is 0 Å². The zero-order valence-electron chi connectivity index (χ0n) is 10.8. The Morgan fingerprint density at radius 3 is 2.95 bits per heavy atom. The standard InChI is InChI=1S/C13H17N5O/c1-10-4-2-3-5-11(10)8-18-9-12(16-17-18)7-15-13(19)6-14/h2-5,9H,6-8,14H2,1H3,(H,15,19). The molecule has 0 saturated heterocycles. The molecule has 19 heavy (non-hydrogen) atoms. The molecule has 1 aromatic heterocycles. The Hall–Kier alpha value is -2.21. The summed E-state index contributed by atoms with van der Waals surface area (Å²) >= 11 is 0. The Labute approximate surface area is 111 Å². The maximum absolute atomic E-state index is 11.0. The summed E-state index contributed by atoms with van der Waals surface area (Å²) in [5, 5.41) is 10.7. The molecule has 100 valence electrons. The van der Waals surface area contributed by atoms with E-state index in [2.05, 4.69) is 34.7 Å². The van der Waals surface area contributed by atoms with Crippen molar-refractivity contribution in [2.75, 3.05) is 6.54 Å². The molecule has 6 heteroatoms. The van der Waals surface area contributed by atoms with Gasteiger partial charge in [-0.1, -0.05) is 29.5 Å². The molecule has 1 amide bonds. The summed E-state index contributed by atoms with van der Waals surface area (Å²) in [6.07, 6.45) is 1.82. The fraction of sp³-hybridized carbons (Fsp3) is 0.308. The van der Waals surface area contributed by atoms with Crippen LogP contribution in [0.3, 0.4) is 0 Å². The van der Waals surface area contributed by atoms with E-state index in [0.29, 0.717) is 13.1 Å². The van der Waals surface area contributed by atoms with E-state index in [1.54, 1.807) is 4.68 Å². The SMILES string of the molecule is Cc1ccccc1Cn1cc(CNC(=O)CN)nn1. The van der Waals surface area contributed by atoms with Crippen molar-refractivity contribution in [1.29, 1.82) is 0 Å². The smallest absolute Gasteiger partial charge is 0.234 e. The van der Waals surface area contributed by atoms with Gasteiger partial charge in [0, 0.05) is 0 Å². The number of aryl methyl sites for hydroxylation is 1. The topological polar surface area (TPSA) is 85.8 Å². The highest BCUT2D eigenvalue weighted by Gasteiger charge is 2.04. The third-order valence-electron chi connectivity index (χ3n) is 2.83. The van der Waals surface area contributed by atoms with Crippen LogP contribution in [0.5, 0.6) is 0 Å². The van der Waals surface area contributed by atoms with E-state index in [1.807, 2.05) is 18.3 Å². The molecule has 0 atom stereocenters. The summed E-state index contributed by atoms with van der Waals surface area (Å²) in [4.78, 5) is 11.0. The molecule has 1 heterocycles. The molecule has 1 aromatic carbocycles. The second kappa shape index (κ2) is 6.10. The monoisotopic (exact) mass is 259 g/mol. The highest BCUT2D eigenvalue weighted by atomic mass is 16.1. The van der Waals surface area contributed by atoms with Gasteiger partial charge < -0.3 is 11.1 Å². The zero-order chi connectivity index (χ0) is 13.7. The Morgan fingerprint density at radius 2 is 2.21 bits per heavy atom. The van der Waals surface area contributed by atoms with E-state index in [-0.39, 0.29) is 12.5 Å². The van der Waals surface area contributed by atoms with E-state index in [9.17, 15) is 4.79 Å².